The summed E-state index contributed by atoms with van der Waals surface area (Å²) in [7, 11) is 1.51. The van der Waals surface area contributed by atoms with Crippen LogP contribution in [0.15, 0.2) is 24.3 Å². The maximum absolute atomic E-state index is 13.2. The van der Waals surface area contributed by atoms with Crippen molar-refractivity contribution in [2.24, 2.45) is 0 Å². The smallest absolute Gasteiger partial charge is 0.134 e. The molecule has 0 saturated carbocycles. The first-order valence-corrected chi connectivity index (χ1v) is 4.52. The third-order valence-electron chi connectivity index (χ3n) is 1.61. The Morgan fingerprint density at radius 3 is 2.85 bits per heavy atom. The number of benzene rings is 1. The average molecular weight is 198 g/mol. The molecule has 1 nitrogen and oxygen atoms in total. The van der Waals surface area contributed by atoms with E-state index in [1.54, 1.807) is 24.3 Å². The molecule has 0 radical (unpaired) electrons. The molecule has 0 spiro atoms. The number of ether oxygens (including phenoxy) is 1. The number of hydrogen-bond acceptors (Lipinski definition) is 2. The molecule has 1 rings (SSSR count). The fourth-order valence-electron chi connectivity index (χ4n) is 0.950. The summed E-state index contributed by atoms with van der Waals surface area (Å²) in [5, 5.41) is 0. The molecule has 0 heterocycles. The fourth-order valence-corrected chi connectivity index (χ4v) is 1.06. The number of hydrogen-bond donors (Lipinski definition) is 1. The Kier molecular flexibility index (Phi) is 3.83. The first-order chi connectivity index (χ1) is 6.27. The van der Waals surface area contributed by atoms with Gasteiger partial charge in [-0.25, -0.2) is 4.39 Å². The normalized spacial score (nSPS) is 10.7. The van der Waals surface area contributed by atoms with Gasteiger partial charge in [0.2, 0.25) is 0 Å². The average Bonchev–Trinajstić information content (AvgIpc) is 2.16. The van der Waals surface area contributed by atoms with Gasteiger partial charge in [0.05, 0.1) is 7.11 Å². The highest BCUT2D eigenvalue weighted by Gasteiger charge is 1.99. The quantitative estimate of drug-likeness (QED) is 0.735. The largest absolute Gasteiger partial charge is 0.497 e. The molecule has 70 valence electrons. The molecule has 0 amide bonds. The molecule has 0 aliphatic carbocycles. The molecule has 1 aromatic rings. The molecule has 3 heteroatoms. The van der Waals surface area contributed by atoms with Crippen LogP contribution in [0, 0.1) is 5.82 Å². The van der Waals surface area contributed by atoms with Crippen LogP contribution in [-0.4, -0.2) is 12.9 Å². The van der Waals surface area contributed by atoms with Crippen LogP contribution < -0.4 is 4.74 Å². The maximum atomic E-state index is 13.2. The summed E-state index contributed by atoms with van der Waals surface area (Å²) in [6.45, 7) is 0. The van der Waals surface area contributed by atoms with Crippen LogP contribution in [0.2, 0.25) is 0 Å². The van der Waals surface area contributed by atoms with Crippen LogP contribution in [0.25, 0.3) is 6.08 Å². The summed E-state index contributed by atoms with van der Waals surface area (Å²) < 4.78 is 18.1. The van der Waals surface area contributed by atoms with Gasteiger partial charge in [-0.15, -0.1) is 0 Å². The zero-order valence-electron chi connectivity index (χ0n) is 7.33. The highest BCUT2D eigenvalue weighted by atomic mass is 32.1. The SMILES string of the molecule is COc1ccc(C=CCS)c(F)c1. The van der Waals surface area contributed by atoms with E-state index in [4.69, 9.17) is 4.74 Å². The predicted molar refractivity (Wildman–Crippen MR) is 55.8 cm³/mol. The minimum atomic E-state index is -0.280. The Bertz CT molecular complexity index is 310. The summed E-state index contributed by atoms with van der Waals surface area (Å²) in [5.41, 5.74) is 0.551. The standard InChI is InChI=1S/C10H11FOS/c1-12-9-5-4-8(3-2-6-13)10(11)7-9/h2-5,7,13H,6H2,1H3. The molecular weight excluding hydrogens is 187 g/mol. The van der Waals surface area contributed by atoms with Crippen molar-refractivity contribution in [1.82, 2.24) is 0 Å². The number of rotatable bonds is 3. The first-order valence-electron chi connectivity index (χ1n) is 3.89. The van der Waals surface area contributed by atoms with Gasteiger partial charge in [0, 0.05) is 17.4 Å². The van der Waals surface area contributed by atoms with Crippen LogP contribution in [0.4, 0.5) is 4.39 Å². The molecule has 0 unspecified atom stereocenters. The van der Waals surface area contributed by atoms with E-state index in [2.05, 4.69) is 12.6 Å². The molecule has 0 aromatic heterocycles. The van der Waals surface area contributed by atoms with Gasteiger partial charge >= 0.3 is 0 Å². The van der Waals surface area contributed by atoms with Gasteiger partial charge < -0.3 is 4.74 Å². The van der Waals surface area contributed by atoms with Crippen molar-refractivity contribution in [2.75, 3.05) is 12.9 Å². The Morgan fingerprint density at radius 1 is 1.54 bits per heavy atom. The molecule has 0 N–H and O–H groups in total. The monoisotopic (exact) mass is 198 g/mol. The lowest BCUT2D eigenvalue weighted by Crippen LogP contribution is -1.86. The summed E-state index contributed by atoms with van der Waals surface area (Å²) in [4.78, 5) is 0. The van der Waals surface area contributed by atoms with Crippen LogP contribution >= 0.6 is 12.6 Å². The molecule has 0 fully saturated rings. The van der Waals surface area contributed by atoms with Gasteiger partial charge in [0.25, 0.3) is 0 Å². The van der Waals surface area contributed by atoms with E-state index in [-0.39, 0.29) is 5.82 Å². The van der Waals surface area contributed by atoms with Gasteiger partial charge in [-0.2, -0.15) is 12.6 Å². The number of halogens is 1. The van der Waals surface area contributed by atoms with Crippen molar-refractivity contribution in [3.63, 3.8) is 0 Å². The van der Waals surface area contributed by atoms with Crippen molar-refractivity contribution in [3.05, 3.63) is 35.7 Å². The molecule has 0 bridgehead atoms. The van der Waals surface area contributed by atoms with Crippen LogP contribution in [-0.2, 0) is 0 Å². The second kappa shape index (κ2) is 4.92. The van der Waals surface area contributed by atoms with Gasteiger partial charge in [-0.05, 0) is 12.1 Å². The summed E-state index contributed by atoms with van der Waals surface area (Å²) in [5.74, 6) is 0.851. The summed E-state index contributed by atoms with van der Waals surface area (Å²) >= 11 is 3.99. The zero-order valence-corrected chi connectivity index (χ0v) is 8.22. The molecule has 0 aliphatic rings. The lowest BCUT2D eigenvalue weighted by Gasteiger charge is -2.01. The van der Waals surface area contributed by atoms with E-state index >= 15 is 0 Å². The number of methoxy groups -OCH3 is 1. The van der Waals surface area contributed by atoms with Crippen molar-refractivity contribution in [2.45, 2.75) is 0 Å². The van der Waals surface area contributed by atoms with Gasteiger partial charge in [-0.3, -0.25) is 0 Å². The Balaban J connectivity index is 2.91. The van der Waals surface area contributed by atoms with Gasteiger partial charge in [-0.1, -0.05) is 12.2 Å². The lowest BCUT2D eigenvalue weighted by molar-refractivity contribution is 0.411. The van der Waals surface area contributed by atoms with E-state index in [1.165, 1.54) is 13.2 Å². The highest BCUT2D eigenvalue weighted by Crippen LogP contribution is 2.17. The van der Waals surface area contributed by atoms with E-state index in [1.807, 2.05) is 0 Å². The molecular formula is C10H11FOS. The van der Waals surface area contributed by atoms with E-state index in [0.29, 0.717) is 17.1 Å². The van der Waals surface area contributed by atoms with E-state index in [9.17, 15) is 4.39 Å². The fraction of sp³-hybridized carbons (Fsp3) is 0.200. The minimum absolute atomic E-state index is 0.280. The van der Waals surface area contributed by atoms with Crippen molar-refractivity contribution in [3.8, 4) is 5.75 Å². The predicted octanol–water partition coefficient (Wildman–Crippen LogP) is 2.78. The van der Waals surface area contributed by atoms with Crippen molar-refractivity contribution < 1.29 is 9.13 Å². The van der Waals surface area contributed by atoms with Gasteiger partial charge in [0.15, 0.2) is 0 Å². The van der Waals surface area contributed by atoms with Crippen LogP contribution in [0.1, 0.15) is 5.56 Å². The van der Waals surface area contributed by atoms with Crippen LogP contribution in [0.5, 0.6) is 5.75 Å². The Hall–Kier alpha value is -0.960. The minimum Gasteiger partial charge on any atom is -0.497 e. The van der Waals surface area contributed by atoms with E-state index in [0.717, 1.165) is 0 Å². The lowest BCUT2D eigenvalue weighted by atomic mass is 10.2. The summed E-state index contributed by atoms with van der Waals surface area (Å²) in [6.07, 6.45) is 3.48. The first kappa shape index (κ1) is 10.1. The molecule has 0 atom stereocenters. The topological polar surface area (TPSA) is 9.23 Å². The van der Waals surface area contributed by atoms with Crippen molar-refractivity contribution in [1.29, 1.82) is 0 Å². The van der Waals surface area contributed by atoms with Crippen molar-refractivity contribution >= 4 is 18.7 Å². The summed E-state index contributed by atoms with van der Waals surface area (Å²) in [6, 6.07) is 4.76. The van der Waals surface area contributed by atoms with Crippen LogP contribution in [0.3, 0.4) is 0 Å². The molecule has 1 aromatic carbocycles. The molecule has 13 heavy (non-hydrogen) atoms. The third kappa shape index (κ3) is 2.77. The Morgan fingerprint density at radius 2 is 2.31 bits per heavy atom. The highest BCUT2D eigenvalue weighted by molar-refractivity contribution is 7.80. The van der Waals surface area contributed by atoms with E-state index < -0.39 is 0 Å². The number of thiol groups is 1. The second-order valence-corrected chi connectivity index (χ2v) is 2.84. The molecule has 0 saturated heterocycles. The Labute approximate surface area is 82.6 Å². The molecule has 0 aliphatic heterocycles. The van der Waals surface area contributed by atoms with Gasteiger partial charge in [0.1, 0.15) is 11.6 Å². The zero-order chi connectivity index (χ0) is 9.68. The third-order valence-corrected chi connectivity index (χ3v) is 1.82. The second-order valence-electron chi connectivity index (χ2n) is 2.47. The maximum Gasteiger partial charge on any atom is 0.134 e.